The molecule has 0 heterocycles. The third-order valence-electron chi connectivity index (χ3n) is 1.71. The highest BCUT2D eigenvalue weighted by Crippen LogP contribution is 2.20. The minimum atomic E-state index is -0.393. The average molecular weight is 201 g/mol. The van der Waals surface area contributed by atoms with Crippen molar-refractivity contribution in [2.24, 2.45) is 5.84 Å². The van der Waals surface area contributed by atoms with Gasteiger partial charge < -0.3 is 0 Å². The minimum Gasteiger partial charge on any atom is -0.271 e. The predicted octanol–water partition coefficient (Wildman–Crippen LogP) is 2.17. The summed E-state index contributed by atoms with van der Waals surface area (Å²) in [5, 5.41) is 0.362. The second-order valence-electron chi connectivity index (χ2n) is 2.55. The van der Waals surface area contributed by atoms with Crippen molar-refractivity contribution >= 4 is 11.6 Å². The molecule has 0 saturated heterocycles. The first-order valence-electron chi connectivity index (χ1n) is 3.72. The van der Waals surface area contributed by atoms with Gasteiger partial charge in [-0.2, -0.15) is 0 Å². The van der Waals surface area contributed by atoms with Crippen LogP contribution in [-0.2, 0) is 0 Å². The fraction of sp³-hybridized carbons (Fsp3) is 0.111. The van der Waals surface area contributed by atoms with Crippen LogP contribution in [0.1, 0.15) is 11.6 Å². The number of halogens is 2. The molecule has 0 aliphatic carbocycles. The Morgan fingerprint density at radius 2 is 2.31 bits per heavy atom. The Morgan fingerprint density at radius 1 is 1.62 bits per heavy atom. The molecular formula is C9H10ClFN2. The number of hydrogen-bond donors (Lipinski definition) is 2. The number of hydrazine groups is 1. The molecule has 1 rings (SSSR count). The van der Waals surface area contributed by atoms with E-state index in [2.05, 4.69) is 12.0 Å². The lowest BCUT2D eigenvalue weighted by Crippen LogP contribution is -2.27. The Balaban J connectivity index is 3.06. The Kier molecular flexibility index (Phi) is 3.42. The molecule has 1 unspecified atom stereocenters. The van der Waals surface area contributed by atoms with Crippen molar-refractivity contribution in [2.75, 3.05) is 0 Å². The summed E-state index contributed by atoms with van der Waals surface area (Å²) in [5.41, 5.74) is 2.86. The van der Waals surface area contributed by atoms with Crippen LogP contribution in [0.4, 0.5) is 4.39 Å². The summed E-state index contributed by atoms with van der Waals surface area (Å²) in [6.07, 6.45) is 1.52. The topological polar surface area (TPSA) is 38.0 Å². The lowest BCUT2D eigenvalue weighted by atomic mass is 10.1. The Morgan fingerprint density at radius 3 is 2.77 bits per heavy atom. The van der Waals surface area contributed by atoms with E-state index in [-0.39, 0.29) is 0 Å². The molecule has 1 aromatic rings. The highest BCUT2D eigenvalue weighted by atomic mass is 35.5. The van der Waals surface area contributed by atoms with Gasteiger partial charge >= 0.3 is 0 Å². The van der Waals surface area contributed by atoms with Gasteiger partial charge in [-0.3, -0.25) is 5.84 Å². The normalized spacial score (nSPS) is 12.5. The molecule has 70 valence electrons. The first-order chi connectivity index (χ1) is 6.19. The van der Waals surface area contributed by atoms with Crippen LogP contribution in [0.15, 0.2) is 30.9 Å². The van der Waals surface area contributed by atoms with Gasteiger partial charge in [0.15, 0.2) is 0 Å². The van der Waals surface area contributed by atoms with Crippen molar-refractivity contribution in [3.8, 4) is 0 Å². The van der Waals surface area contributed by atoms with Crippen LogP contribution in [0.3, 0.4) is 0 Å². The molecule has 3 N–H and O–H groups in total. The lowest BCUT2D eigenvalue weighted by molar-refractivity contribution is 0.568. The van der Waals surface area contributed by atoms with Gasteiger partial charge in [0.05, 0.1) is 6.04 Å². The molecule has 13 heavy (non-hydrogen) atoms. The number of nitrogens with one attached hydrogen (secondary N) is 1. The molecule has 0 fully saturated rings. The molecule has 0 spiro atoms. The van der Waals surface area contributed by atoms with E-state index in [4.69, 9.17) is 17.4 Å². The second kappa shape index (κ2) is 4.37. The van der Waals surface area contributed by atoms with Crippen LogP contribution in [-0.4, -0.2) is 0 Å². The maximum atomic E-state index is 13.2. The standard InChI is InChI=1S/C9H10ClFN2/c1-2-9(13-12)7-4-3-6(10)5-8(7)11/h2-5,9,13H,1,12H2. The smallest absolute Gasteiger partial charge is 0.129 e. The van der Waals surface area contributed by atoms with Crippen LogP contribution in [0.25, 0.3) is 0 Å². The summed E-state index contributed by atoms with van der Waals surface area (Å²) in [6.45, 7) is 3.53. The molecule has 0 aliphatic rings. The van der Waals surface area contributed by atoms with Gasteiger partial charge in [0, 0.05) is 10.6 Å². The molecule has 0 saturated carbocycles. The van der Waals surface area contributed by atoms with Gasteiger partial charge in [-0.1, -0.05) is 23.7 Å². The van der Waals surface area contributed by atoms with E-state index in [9.17, 15) is 4.39 Å². The molecule has 0 aliphatic heterocycles. The summed E-state index contributed by atoms with van der Waals surface area (Å²) in [4.78, 5) is 0. The molecule has 0 bridgehead atoms. The molecule has 0 radical (unpaired) electrons. The zero-order valence-electron chi connectivity index (χ0n) is 6.93. The fourth-order valence-corrected chi connectivity index (χ4v) is 1.20. The zero-order chi connectivity index (χ0) is 9.84. The fourth-order valence-electron chi connectivity index (χ4n) is 1.04. The number of rotatable bonds is 3. The van der Waals surface area contributed by atoms with Gasteiger partial charge in [0.1, 0.15) is 5.82 Å². The number of benzene rings is 1. The van der Waals surface area contributed by atoms with Gasteiger partial charge in [-0.25, -0.2) is 9.82 Å². The summed E-state index contributed by atoms with van der Waals surface area (Å²) in [7, 11) is 0. The van der Waals surface area contributed by atoms with E-state index in [0.717, 1.165) is 0 Å². The van der Waals surface area contributed by atoms with E-state index >= 15 is 0 Å². The zero-order valence-corrected chi connectivity index (χ0v) is 7.68. The van der Waals surface area contributed by atoms with Crippen molar-refractivity contribution in [3.63, 3.8) is 0 Å². The monoisotopic (exact) mass is 200 g/mol. The van der Waals surface area contributed by atoms with E-state index in [1.165, 1.54) is 12.1 Å². The van der Waals surface area contributed by atoms with E-state index < -0.39 is 11.9 Å². The van der Waals surface area contributed by atoms with E-state index in [0.29, 0.717) is 10.6 Å². The Hall–Kier alpha value is -0.900. The maximum absolute atomic E-state index is 13.2. The van der Waals surface area contributed by atoms with Gasteiger partial charge in [-0.15, -0.1) is 6.58 Å². The first-order valence-corrected chi connectivity index (χ1v) is 4.10. The largest absolute Gasteiger partial charge is 0.271 e. The van der Waals surface area contributed by atoms with Crippen molar-refractivity contribution in [2.45, 2.75) is 6.04 Å². The van der Waals surface area contributed by atoms with Crippen LogP contribution < -0.4 is 11.3 Å². The highest BCUT2D eigenvalue weighted by molar-refractivity contribution is 6.30. The minimum absolute atomic E-state index is 0.362. The molecule has 2 nitrogen and oxygen atoms in total. The average Bonchev–Trinajstić information content (AvgIpc) is 2.10. The Bertz CT molecular complexity index is 314. The van der Waals surface area contributed by atoms with Crippen molar-refractivity contribution in [1.82, 2.24) is 5.43 Å². The molecule has 0 amide bonds. The van der Waals surface area contributed by atoms with Crippen molar-refractivity contribution in [1.29, 1.82) is 0 Å². The van der Waals surface area contributed by atoms with Crippen LogP contribution in [0.2, 0.25) is 5.02 Å². The van der Waals surface area contributed by atoms with Crippen LogP contribution in [0.5, 0.6) is 0 Å². The molecule has 1 atom stereocenters. The second-order valence-corrected chi connectivity index (χ2v) is 2.98. The summed E-state index contributed by atoms with van der Waals surface area (Å²) >= 11 is 5.59. The SMILES string of the molecule is C=CC(NN)c1ccc(Cl)cc1F. The number of nitrogens with two attached hydrogens (primary N) is 1. The van der Waals surface area contributed by atoms with Crippen LogP contribution >= 0.6 is 11.6 Å². The van der Waals surface area contributed by atoms with Crippen molar-refractivity contribution in [3.05, 3.63) is 47.3 Å². The van der Waals surface area contributed by atoms with E-state index in [1.807, 2.05) is 0 Å². The van der Waals surface area contributed by atoms with Crippen LogP contribution in [0, 0.1) is 5.82 Å². The van der Waals surface area contributed by atoms with Crippen molar-refractivity contribution < 1.29 is 4.39 Å². The maximum Gasteiger partial charge on any atom is 0.129 e. The van der Waals surface area contributed by atoms with E-state index in [1.54, 1.807) is 12.1 Å². The third-order valence-corrected chi connectivity index (χ3v) is 1.95. The molecule has 4 heteroatoms. The molecular weight excluding hydrogens is 191 g/mol. The summed E-state index contributed by atoms with van der Waals surface area (Å²) < 4.78 is 13.2. The molecule has 1 aromatic carbocycles. The molecule has 0 aromatic heterocycles. The summed E-state index contributed by atoms with van der Waals surface area (Å²) in [6, 6.07) is 4.03. The van der Waals surface area contributed by atoms with Gasteiger partial charge in [0.2, 0.25) is 0 Å². The third kappa shape index (κ3) is 2.28. The predicted molar refractivity (Wildman–Crippen MR) is 51.7 cm³/mol. The highest BCUT2D eigenvalue weighted by Gasteiger charge is 2.10. The van der Waals surface area contributed by atoms with Gasteiger partial charge in [-0.05, 0) is 12.1 Å². The first kappa shape index (κ1) is 10.2. The quantitative estimate of drug-likeness (QED) is 0.446. The summed E-state index contributed by atoms with van der Waals surface area (Å²) in [5.74, 6) is 4.81. The van der Waals surface area contributed by atoms with Gasteiger partial charge in [0.25, 0.3) is 0 Å². The number of hydrogen-bond acceptors (Lipinski definition) is 2. The lowest BCUT2D eigenvalue weighted by Gasteiger charge is -2.12. The Labute approximate surface area is 81.2 Å².